The molecule has 18 heavy (non-hydrogen) atoms. The van der Waals surface area contributed by atoms with Crippen LogP contribution in [0.25, 0.3) is 11.4 Å². The van der Waals surface area contributed by atoms with Gasteiger partial charge in [0.25, 0.3) is 0 Å². The van der Waals surface area contributed by atoms with Crippen LogP contribution in [0.1, 0.15) is 12.6 Å². The summed E-state index contributed by atoms with van der Waals surface area (Å²) in [5.41, 5.74) is 2.84. The van der Waals surface area contributed by atoms with E-state index in [9.17, 15) is 0 Å². The SMILES string of the molecule is CCOc1cccc(-c2ncc(NC)c(C)n2)c1. The Balaban J connectivity index is 2.36. The van der Waals surface area contributed by atoms with Crippen molar-refractivity contribution < 1.29 is 4.74 Å². The zero-order chi connectivity index (χ0) is 13.0. The van der Waals surface area contributed by atoms with Crippen LogP contribution in [0.3, 0.4) is 0 Å². The van der Waals surface area contributed by atoms with Crippen LogP contribution >= 0.6 is 0 Å². The lowest BCUT2D eigenvalue weighted by atomic mass is 10.2. The predicted molar refractivity (Wildman–Crippen MR) is 72.9 cm³/mol. The Kier molecular flexibility index (Phi) is 3.77. The summed E-state index contributed by atoms with van der Waals surface area (Å²) in [6.07, 6.45) is 1.80. The minimum atomic E-state index is 0.655. The van der Waals surface area contributed by atoms with Crippen LogP contribution in [0.4, 0.5) is 5.69 Å². The van der Waals surface area contributed by atoms with E-state index in [0.717, 1.165) is 22.7 Å². The third-order valence-electron chi connectivity index (χ3n) is 2.65. The lowest BCUT2D eigenvalue weighted by Crippen LogP contribution is -1.98. The first kappa shape index (κ1) is 12.4. The van der Waals surface area contributed by atoms with Crippen LogP contribution in [0, 0.1) is 6.92 Å². The Labute approximate surface area is 107 Å². The Morgan fingerprint density at radius 1 is 1.33 bits per heavy atom. The quantitative estimate of drug-likeness (QED) is 0.897. The van der Waals surface area contributed by atoms with Crippen LogP contribution in [0.15, 0.2) is 30.5 Å². The summed E-state index contributed by atoms with van der Waals surface area (Å²) in [4.78, 5) is 8.84. The molecule has 4 nitrogen and oxygen atoms in total. The van der Waals surface area contributed by atoms with Crippen molar-refractivity contribution in [3.63, 3.8) is 0 Å². The van der Waals surface area contributed by atoms with Crippen molar-refractivity contribution in [2.45, 2.75) is 13.8 Å². The van der Waals surface area contributed by atoms with Crippen molar-refractivity contribution in [2.24, 2.45) is 0 Å². The molecule has 0 amide bonds. The monoisotopic (exact) mass is 243 g/mol. The molecular weight excluding hydrogens is 226 g/mol. The van der Waals surface area contributed by atoms with E-state index in [-0.39, 0.29) is 0 Å². The van der Waals surface area contributed by atoms with E-state index < -0.39 is 0 Å². The average Bonchev–Trinajstić information content (AvgIpc) is 2.39. The lowest BCUT2D eigenvalue weighted by Gasteiger charge is -2.08. The van der Waals surface area contributed by atoms with Gasteiger partial charge >= 0.3 is 0 Å². The van der Waals surface area contributed by atoms with Gasteiger partial charge in [0, 0.05) is 12.6 Å². The second-order valence-electron chi connectivity index (χ2n) is 3.90. The van der Waals surface area contributed by atoms with Gasteiger partial charge in [0.05, 0.1) is 24.2 Å². The van der Waals surface area contributed by atoms with Gasteiger partial charge in [-0.3, -0.25) is 0 Å². The number of anilines is 1. The maximum absolute atomic E-state index is 5.48. The zero-order valence-corrected chi connectivity index (χ0v) is 10.9. The molecule has 94 valence electrons. The molecule has 1 aromatic carbocycles. The summed E-state index contributed by atoms with van der Waals surface area (Å²) in [7, 11) is 1.86. The van der Waals surface area contributed by atoms with Gasteiger partial charge in [0.15, 0.2) is 5.82 Å². The summed E-state index contributed by atoms with van der Waals surface area (Å²) < 4.78 is 5.48. The first-order valence-electron chi connectivity index (χ1n) is 5.99. The summed E-state index contributed by atoms with van der Waals surface area (Å²) >= 11 is 0. The fourth-order valence-corrected chi connectivity index (χ4v) is 1.74. The van der Waals surface area contributed by atoms with Gasteiger partial charge in [-0.1, -0.05) is 12.1 Å². The third kappa shape index (κ3) is 2.59. The molecule has 0 spiro atoms. The van der Waals surface area contributed by atoms with Crippen molar-refractivity contribution in [1.29, 1.82) is 0 Å². The molecule has 0 aliphatic carbocycles. The van der Waals surface area contributed by atoms with Gasteiger partial charge in [0.1, 0.15) is 5.75 Å². The highest BCUT2D eigenvalue weighted by atomic mass is 16.5. The maximum Gasteiger partial charge on any atom is 0.159 e. The van der Waals surface area contributed by atoms with Crippen LogP contribution < -0.4 is 10.1 Å². The van der Waals surface area contributed by atoms with E-state index >= 15 is 0 Å². The van der Waals surface area contributed by atoms with Crippen molar-refractivity contribution in [2.75, 3.05) is 19.0 Å². The summed E-state index contributed by atoms with van der Waals surface area (Å²) in [6, 6.07) is 7.82. The molecular formula is C14H17N3O. The van der Waals surface area contributed by atoms with E-state index in [1.165, 1.54) is 0 Å². The Bertz CT molecular complexity index is 540. The molecule has 1 N–H and O–H groups in total. The highest BCUT2D eigenvalue weighted by molar-refractivity contribution is 5.59. The smallest absolute Gasteiger partial charge is 0.159 e. The standard InChI is InChI=1S/C14H17N3O/c1-4-18-12-7-5-6-11(8-12)14-16-9-13(15-3)10(2)17-14/h5-9,15H,4H2,1-3H3. The first-order valence-corrected chi connectivity index (χ1v) is 5.99. The molecule has 0 radical (unpaired) electrons. The normalized spacial score (nSPS) is 10.2. The molecule has 2 rings (SSSR count). The number of nitrogens with zero attached hydrogens (tertiary/aromatic N) is 2. The van der Waals surface area contributed by atoms with E-state index in [2.05, 4.69) is 15.3 Å². The molecule has 0 aliphatic rings. The van der Waals surface area contributed by atoms with E-state index in [1.54, 1.807) is 6.20 Å². The van der Waals surface area contributed by atoms with E-state index in [0.29, 0.717) is 12.4 Å². The van der Waals surface area contributed by atoms with Gasteiger partial charge in [0.2, 0.25) is 0 Å². The number of nitrogens with one attached hydrogen (secondary N) is 1. The summed E-state index contributed by atoms with van der Waals surface area (Å²) in [5.74, 6) is 1.56. The Morgan fingerprint density at radius 3 is 2.83 bits per heavy atom. The van der Waals surface area contributed by atoms with Crippen LogP contribution in [-0.2, 0) is 0 Å². The lowest BCUT2D eigenvalue weighted by molar-refractivity contribution is 0.340. The van der Waals surface area contributed by atoms with Crippen molar-refractivity contribution in [3.05, 3.63) is 36.2 Å². The number of hydrogen-bond donors (Lipinski definition) is 1. The number of aryl methyl sites for hydroxylation is 1. The maximum atomic E-state index is 5.48. The minimum absolute atomic E-state index is 0.655. The number of hydrogen-bond acceptors (Lipinski definition) is 4. The predicted octanol–water partition coefficient (Wildman–Crippen LogP) is 2.89. The molecule has 0 saturated carbocycles. The zero-order valence-electron chi connectivity index (χ0n) is 10.9. The molecule has 1 heterocycles. The van der Waals surface area contributed by atoms with E-state index in [4.69, 9.17) is 4.74 Å². The molecule has 1 aromatic heterocycles. The van der Waals surface area contributed by atoms with Gasteiger partial charge < -0.3 is 10.1 Å². The second-order valence-corrected chi connectivity index (χ2v) is 3.90. The molecule has 4 heteroatoms. The first-order chi connectivity index (χ1) is 8.74. The third-order valence-corrected chi connectivity index (χ3v) is 2.65. The molecule has 0 bridgehead atoms. The Hall–Kier alpha value is -2.10. The van der Waals surface area contributed by atoms with Crippen LogP contribution in [0.5, 0.6) is 5.75 Å². The topological polar surface area (TPSA) is 47.0 Å². The number of benzene rings is 1. The molecule has 0 aliphatic heterocycles. The Morgan fingerprint density at radius 2 is 2.17 bits per heavy atom. The molecule has 0 atom stereocenters. The van der Waals surface area contributed by atoms with Crippen LogP contribution in [0.2, 0.25) is 0 Å². The van der Waals surface area contributed by atoms with Crippen molar-refractivity contribution >= 4 is 5.69 Å². The van der Waals surface area contributed by atoms with Crippen molar-refractivity contribution in [3.8, 4) is 17.1 Å². The van der Waals surface area contributed by atoms with Gasteiger partial charge in [-0.05, 0) is 26.0 Å². The number of aromatic nitrogens is 2. The molecule has 0 fully saturated rings. The fraction of sp³-hybridized carbons (Fsp3) is 0.286. The van der Waals surface area contributed by atoms with Crippen LogP contribution in [-0.4, -0.2) is 23.6 Å². The average molecular weight is 243 g/mol. The second kappa shape index (κ2) is 5.49. The highest BCUT2D eigenvalue weighted by Gasteiger charge is 2.05. The van der Waals surface area contributed by atoms with Gasteiger partial charge in [-0.25, -0.2) is 9.97 Å². The number of rotatable bonds is 4. The molecule has 0 saturated heterocycles. The van der Waals surface area contributed by atoms with Gasteiger partial charge in [-0.2, -0.15) is 0 Å². The fourth-order valence-electron chi connectivity index (χ4n) is 1.74. The number of ether oxygens (including phenoxy) is 1. The summed E-state index contributed by atoms with van der Waals surface area (Å²) in [6.45, 7) is 4.58. The van der Waals surface area contributed by atoms with Crippen molar-refractivity contribution in [1.82, 2.24) is 9.97 Å². The van der Waals surface area contributed by atoms with E-state index in [1.807, 2.05) is 45.2 Å². The molecule has 0 unspecified atom stereocenters. The minimum Gasteiger partial charge on any atom is -0.494 e. The van der Waals surface area contributed by atoms with Gasteiger partial charge in [-0.15, -0.1) is 0 Å². The largest absolute Gasteiger partial charge is 0.494 e. The molecule has 2 aromatic rings. The summed E-state index contributed by atoms with van der Waals surface area (Å²) in [5, 5.41) is 3.06. The highest BCUT2D eigenvalue weighted by Crippen LogP contribution is 2.22.